The smallest absolute Gasteiger partial charge is 0.254 e. The SMILES string of the molecule is COCCN1C(=O)c2ccccc2C(C(=O)Nc2cccc(OC)c2)C1c1ccco1. The summed E-state index contributed by atoms with van der Waals surface area (Å²) in [5, 5.41) is 2.98. The Kier molecular flexibility index (Phi) is 6.04. The van der Waals surface area contributed by atoms with Crippen molar-refractivity contribution in [1.29, 1.82) is 0 Å². The van der Waals surface area contributed by atoms with E-state index in [9.17, 15) is 9.59 Å². The maximum Gasteiger partial charge on any atom is 0.254 e. The molecule has 4 rings (SSSR count). The molecule has 1 N–H and O–H groups in total. The zero-order chi connectivity index (χ0) is 21.8. The molecule has 3 aromatic rings. The third-order valence-electron chi connectivity index (χ3n) is 5.43. The van der Waals surface area contributed by atoms with Gasteiger partial charge in [-0.3, -0.25) is 9.59 Å². The molecule has 2 amide bonds. The maximum absolute atomic E-state index is 13.6. The van der Waals surface area contributed by atoms with Crippen LogP contribution in [0, 0.1) is 0 Å². The summed E-state index contributed by atoms with van der Waals surface area (Å²) in [4.78, 5) is 28.6. The fraction of sp³-hybridized carbons (Fsp3) is 0.250. The molecule has 2 unspecified atom stereocenters. The van der Waals surface area contributed by atoms with E-state index >= 15 is 0 Å². The second-order valence-corrected chi connectivity index (χ2v) is 7.24. The van der Waals surface area contributed by atoms with Crippen molar-refractivity contribution in [2.45, 2.75) is 12.0 Å². The highest BCUT2D eigenvalue weighted by Gasteiger charge is 2.45. The van der Waals surface area contributed by atoms with E-state index in [1.807, 2.05) is 24.3 Å². The number of furan rings is 1. The molecule has 0 saturated heterocycles. The molecule has 7 nitrogen and oxygen atoms in total. The summed E-state index contributed by atoms with van der Waals surface area (Å²) in [5.41, 5.74) is 1.79. The van der Waals surface area contributed by atoms with Gasteiger partial charge in [0.2, 0.25) is 5.91 Å². The van der Waals surface area contributed by atoms with E-state index in [0.717, 1.165) is 0 Å². The number of rotatable bonds is 7. The lowest BCUT2D eigenvalue weighted by Gasteiger charge is -2.40. The summed E-state index contributed by atoms with van der Waals surface area (Å²) < 4.78 is 16.2. The van der Waals surface area contributed by atoms with E-state index in [2.05, 4.69) is 5.32 Å². The van der Waals surface area contributed by atoms with Crippen LogP contribution in [0.2, 0.25) is 0 Å². The van der Waals surface area contributed by atoms with Crippen molar-refractivity contribution in [2.75, 3.05) is 32.7 Å². The lowest BCUT2D eigenvalue weighted by atomic mass is 9.81. The number of methoxy groups -OCH3 is 2. The number of benzene rings is 2. The Morgan fingerprint density at radius 1 is 1.10 bits per heavy atom. The van der Waals surface area contributed by atoms with E-state index in [4.69, 9.17) is 13.9 Å². The van der Waals surface area contributed by atoms with Crippen LogP contribution >= 0.6 is 0 Å². The predicted molar refractivity (Wildman–Crippen MR) is 115 cm³/mol. The fourth-order valence-corrected chi connectivity index (χ4v) is 4.01. The second kappa shape index (κ2) is 9.06. The molecule has 2 aromatic carbocycles. The van der Waals surface area contributed by atoms with Crippen molar-refractivity contribution in [3.05, 3.63) is 83.8 Å². The highest BCUT2D eigenvalue weighted by molar-refractivity contribution is 6.04. The Morgan fingerprint density at radius 2 is 1.94 bits per heavy atom. The average Bonchev–Trinajstić information content (AvgIpc) is 3.33. The van der Waals surface area contributed by atoms with E-state index in [-0.39, 0.29) is 11.8 Å². The molecule has 0 fully saturated rings. The molecule has 0 radical (unpaired) electrons. The molecule has 2 atom stereocenters. The summed E-state index contributed by atoms with van der Waals surface area (Å²) in [5.74, 6) is 0.130. The Morgan fingerprint density at radius 3 is 2.68 bits per heavy atom. The van der Waals surface area contributed by atoms with Gasteiger partial charge in [-0.15, -0.1) is 0 Å². The van der Waals surface area contributed by atoms with Crippen LogP contribution in [0.3, 0.4) is 0 Å². The van der Waals surface area contributed by atoms with Gasteiger partial charge in [0.05, 0.1) is 25.9 Å². The Bertz CT molecular complexity index is 1060. The monoisotopic (exact) mass is 420 g/mol. The summed E-state index contributed by atoms with van der Waals surface area (Å²) >= 11 is 0. The number of hydrogen-bond acceptors (Lipinski definition) is 5. The quantitative estimate of drug-likeness (QED) is 0.628. The van der Waals surface area contributed by atoms with Crippen LogP contribution in [0.15, 0.2) is 71.3 Å². The summed E-state index contributed by atoms with van der Waals surface area (Å²) in [6, 6.07) is 17.3. The molecule has 1 aliphatic heterocycles. The van der Waals surface area contributed by atoms with Gasteiger partial charge in [0.15, 0.2) is 0 Å². The molecule has 2 heterocycles. The fourth-order valence-electron chi connectivity index (χ4n) is 4.01. The molecule has 7 heteroatoms. The van der Waals surface area contributed by atoms with Gasteiger partial charge in [0.1, 0.15) is 17.6 Å². The first-order valence-corrected chi connectivity index (χ1v) is 10.0. The Balaban J connectivity index is 1.78. The van der Waals surface area contributed by atoms with E-state index in [1.165, 1.54) is 0 Å². The first kappa shape index (κ1) is 20.7. The molecular formula is C24H24N2O5. The molecular weight excluding hydrogens is 396 g/mol. The maximum atomic E-state index is 13.6. The number of nitrogens with one attached hydrogen (secondary N) is 1. The molecule has 0 spiro atoms. The van der Waals surface area contributed by atoms with Crippen LogP contribution in [0.4, 0.5) is 5.69 Å². The topological polar surface area (TPSA) is 81.0 Å². The van der Waals surface area contributed by atoms with E-state index < -0.39 is 12.0 Å². The van der Waals surface area contributed by atoms with Gasteiger partial charge >= 0.3 is 0 Å². The number of ether oxygens (including phenoxy) is 2. The minimum Gasteiger partial charge on any atom is -0.497 e. The summed E-state index contributed by atoms with van der Waals surface area (Å²) in [6.07, 6.45) is 1.55. The number of nitrogens with zero attached hydrogens (tertiary/aromatic N) is 1. The largest absolute Gasteiger partial charge is 0.497 e. The highest BCUT2D eigenvalue weighted by atomic mass is 16.5. The van der Waals surface area contributed by atoms with Crippen molar-refractivity contribution in [1.82, 2.24) is 4.90 Å². The van der Waals surface area contributed by atoms with Gasteiger partial charge < -0.3 is 24.1 Å². The van der Waals surface area contributed by atoms with E-state index in [1.54, 1.807) is 61.8 Å². The number of anilines is 1. The van der Waals surface area contributed by atoms with Gasteiger partial charge in [-0.1, -0.05) is 24.3 Å². The molecule has 31 heavy (non-hydrogen) atoms. The van der Waals surface area contributed by atoms with Crippen molar-refractivity contribution >= 4 is 17.5 Å². The molecule has 0 bridgehead atoms. The second-order valence-electron chi connectivity index (χ2n) is 7.24. The molecule has 0 aliphatic carbocycles. The van der Waals surface area contributed by atoms with Crippen LogP contribution in [-0.4, -0.2) is 44.1 Å². The van der Waals surface area contributed by atoms with Gasteiger partial charge in [0, 0.05) is 31.0 Å². The number of fused-ring (bicyclic) bond motifs is 1. The van der Waals surface area contributed by atoms with Crippen molar-refractivity contribution in [2.24, 2.45) is 0 Å². The number of amides is 2. The lowest BCUT2D eigenvalue weighted by molar-refractivity contribution is -0.119. The van der Waals surface area contributed by atoms with Crippen LogP contribution in [0.5, 0.6) is 5.75 Å². The van der Waals surface area contributed by atoms with E-state index in [0.29, 0.717) is 41.5 Å². The van der Waals surface area contributed by atoms with Crippen LogP contribution in [-0.2, 0) is 9.53 Å². The molecule has 1 aromatic heterocycles. The van der Waals surface area contributed by atoms with Crippen LogP contribution < -0.4 is 10.1 Å². The van der Waals surface area contributed by atoms with Gasteiger partial charge in [-0.05, 0) is 35.9 Å². The highest BCUT2D eigenvalue weighted by Crippen LogP contribution is 2.43. The first-order chi connectivity index (χ1) is 15.1. The Labute approximate surface area is 180 Å². The van der Waals surface area contributed by atoms with Crippen molar-refractivity contribution < 1.29 is 23.5 Å². The Hall–Kier alpha value is -3.58. The zero-order valence-electron chi connectivity index (χ0n) is 17.4. The van der Waals surface area contributed by atoms with Gasteiger partial charge in [0.25, 0.3) is 5.91 Å². The average molecular weight is 420 g/mol. The molecule has 160 valence electrons. The number of carbonyl (C=O) groups excluding carboxylic acids is 2. The minimum atomic E-state index is -0.664. The minimum absolute atomic E-state index is 0.153. The van der Waals surface area contributed by atoms with Crippen LogP contribution in [0.25, 0.3) is 0 Å². The number of hydrogen-bond donors (Lipinski definition) is 1. The standard InChI is InChI=1S/C24H24N2O5/c1-29-14-12-26-22(20-11-6-13-31-20)21(18-9-3-4-10-19(18)24(26)28)23(27)25-16-7-5-8-17(15-16)30-2/h3-11,13,15,21-22H,12,14H2,1-2H3,(H,25,27). The van der Waals surface area contributed by atoms with Crippen LogP contribution in [0.1, 0.15) is 33.6 Å². The third-order valence-corrected chi connectivity index (χ3v) is 5.43. The lowest BCUT2D eigenvalue weighted by Crippen LogP contribution is -2.47. The van der Waals surface area contributed by atoms with Gasteiger partial charge in [-0.2, -0.15) is 0 Å². The normalized spacial score (nSPS) is 17.9. The van der Waals surface area contributed by atoms with Gasteiger partial charge in [-0.25, -0.2) is 0 Å². The third kappa shape index (κ3) is 4.04. The first-order valence-electron chi connectivity index (χ1n) is 10.0. The summed E-state index contributed by atoms with van der Waals surface area (Å²) in [7, 11) is 3.15. The van der Waals surface area contributed by atoms with Crippen molar-refractivity contribution in [3.8, 4) is 5.75 Å². The zero-order valence-corrected chi connectivity index (χ0v) is 17.4. The number of carbonyl (C=O) groups is 2. The summed E-state index contributed by atoms with van der Waals surface area (Å²) in [6.45, 7) is 0.674. The molecule has 0 saturated carbocycles. The van der Waals surface area contributed by atoms with Crippen molar-refractivity contribution in [3.63, 3.8) is 0 Å². The molecule has 1 aliphatic rings. The predicted octanol–water partition coefficient (Wildman–Crippen LogP) is 3.85.